The van der Waals surface area contributed by atoms with Crippen LogP contribution >= 0.6 is 0 Å². The van der Waals surface area contributed by atoms with Gasteiger partial charge in [0.05, 0.1) is 14.2 Å². The van der Waals surface area contributed by atoms with Gasteiger partial charge in [-0.3, -0.25) is 4.79 Å². The van der Waals surface area contributed by atoms with E-state index in [2.05, 4.69) is 6.07 Å². The monoisotopic (exact) mass is 311 g/mol. The van der Waals surface area contributed by atoms with Crippen LogP contribution in [-0.4, -0.2) is 26.7 Å². The molecule has 2 aromatic carbocycles. The van der Waals surface area contributed by atoms with Crippen LogP contribution in [0.5, 0.6) is 11.5 Å². The third-order valence-corrected chi connectivity index (χ3v) is 4.29. The molecule has 0 N–H and O–H groups in total. The second-order valence-electron chi connectivity index (χ2n) is 5.66. The van der Waals surface area contributed by atoms with Gasteiger partial charge in [0.2, 0.25) is 5.91 Å². The normalized spacial score (nSPS) is 13.4. The number of hydrogen-bond acceptors (Lipinski definition) is 3. The molecule has 4 nitrogen and oxygen atoms in total. The third kappa shape index (κ3) is 2.77. The number of fused-ring (bicyclic) bond motifs is 1. The standard InChI is InChI=1S/C19H21NO3/c1-13(21)20-11-5-6-15-12-14(9-10-17(15)20)16-7-4-8-18(22-2)19(16)23-3/h4,7-10,12H,5-6,11H2,1-3H3. The van der Waals surface area contributed by atoms with E-state index in [1.165, 1.54) is 5.56 Å². The number of para-hydroxylation sites is 1. The quantitative estimate of drug-likeness (QED) is 0.868. The number of methoxy groups -OCH3 is 2. The Labute approximate surface area is 136 Å². The lowest BCUT2D eigenvalue weighted by molar-refractivity contribution is -0.116. The number of hydrogen-bond donors (Lipinski definition) is 0. The number of rotatable bonds is 3. The molecule has 1 heterocycles. The van der Waals surface area contributed by atoms with E-state index in [9.17, 15) is 4.79 Å². The molecule has 0 spiro atoms. The summed E-state index contributed by atoms with van der Waals surface area (Å²) in [7, 11) is 3.29. The molecular formula is C19H21NO3. The smallest absolute Gasteiger partial charge is 0.223 e. The van der Waals surface area contributed by atoms with Crippen LogP contribution in [0.3, 0.4) is 0 Å². The lowest BCUT2D eigenvalue weighted by Crippen LogP contribution is -2.33. The molecule has 0 saturated carbocycles. The number of carbonyl (C=O) groups excluding carboxylic acids is 1. The second-order valence-corrected chi connectivity index (χ2v) is 5.66. The Hall–Kier alpha value is -2.49. The summed E-state index contributed by atoms with van der Waals surface area (Å²) in [6, 6.07) is 12.1. The number of nitrogens with zero attached hydrogens (tertiary/aromatic N) is 1. The van der Waals surface area contributed by atoms with Crippen LogP contribution in [0.1, 0.15) is 18.9 Å². The van der Waals surface area contributed by atoms with Gasteiger partial charge in [0, 0.05) is 24.7 Å². The van der Waals surface area contributed by atoms with Crippen molar-refractivity contribution >= 4 is 11.6 Å². The Morgan fingerprint density at radius 1 is 1.13 bits per heavy atom. The fourth-order valence-corrected chi connectivity index (χ4v) is 3.21. The van der Waals surface area contributed by atoms with Gasteiger partial charge in [-0.1, -0.05) is 18.2 Å². The van der Waals surface area contributed by atoms with Crippen LogP contribution in [0.25, 0.3) is 11.1 Å². The highest BCUT2D eigenvalue weighted by Crippen LogP contribution is 2.40. The van der Waals surface area contributed by atoms with Crippen molar-refractivity contribution in [2.45, 2.75) is 19.8 Å². The molecular weight excluding hydrogens is 290 g/mol. The fourth-order valence-electron chi connectivity index (χ4n) is 3.21. The van der Waals surface area contributed by atoms with Crippen LogP contribution in [-0.2, 0) is 11.2 Å². The van der Waals surface area contributed by atoms with E-state index < -0.39 is 0 Å². The van der Waals surface area contributed by atoms with Gasteiger partial charge in [-0.05, 0) is 42.2 Å². The molecule has 0 saturated heterocycles. The van der Waals surface area contributed by atoms with Gasteiger partial charge in [-0.15, -0.1) is 0 Å². The number of amides is 1. The Morgan fingerprint density at radius 3 is 2.65 bits per heavy atom. The molecule has 1 aliphatic rings. The van der Waals surface area contributed by atoms with Gasteiger partial charge in [0.25, 0.3) is 0 Å². The molecule has 0 fully saturated rings. The average molecular weight is 311 g/mol. The van der Waals surface area contributed by atoms with Crippen molar-refractivity contribution in [2.24, 2.45) is 0 Å². The van der Waals surface area contributed by atoms with Crippen molar-refractivity contribution in [2.75, 3.05) is 25.7 Å². The second kappa shape index (κ2) is 6.32. The Morgan fingerprint density at radius 2 is 1.96 bits per heavy atom. The van der Waals surface area contributed by atoms with Crippen LogP contribution < -0.4 is 14.4 Å². The molecule has 0 aromatic heterocycles. The van der Waals surface area contributed by atoms with E-state index >= 15 is 0 Å². The first-order chi connectivity index (χ1) is 11.2. The zero-order chi connectivity index (χ0) is 16.4. The molecule has 0 atom stereocenters. The molecule has 120 valence electrons. The molecule has 1 aliphatic heterocycles. The Kier molecular flexibility index (Phi) is 4.24. The van der Waals surface area contributed by atoms with Crippen molar-refractivity contribution in [3.05, 3.63) is 42.0 Å². The molecule has 4 heteroatoms. The van der Waals surface area contributed by atoms with Gasteiger partial charge in [0.15, 0.2) is 11.5 Å². The highest BCUT2D eigenvalue weighted by Gasteiger charge is 2.21. The van der Waals surface area contributed by atoms with Gasteiger partial charge < -0.3 is 14.4 Å². The number of aryl methyl sites for hydroxylation is 1. The highest BCUT2D eigenvalue weighted by molar-refractivity contribution is 5.93. The zero-order valence-electron chi connectivity index (χ0n) is 13.8. The van der Waals surface area contributed by atoms with Crippen molar-refractivity contribution in [1.82, 2.24) is 0 Å². The van der Waals surface area contributed by atoms with Gasteiger partial charge in [-0.2, -0.15) is 0 Å². The van der Waals surface area contributed by atoms with Crippen molar-refractivity contribution in [3.63, 3.8) is 0 Å². The minimum atomic E-state index is 0.0951. The number of anilines is 1. The minimum absolute atomic E-state index is 0.0951. The predicted octanol–water partition coefficient (Wildman–Crippen LogP) is 3.67. The van der Waals surface area contributed by atoms with Crippen LogP contribution in [0.2, 0.25) is 0 Å². The number of benzene rings is 2. The van der Waals surface area contributed by atoms with Crippen molar-refractivity contribution < 1.29 is 14.3 Å². The largest absolute Gasteiger partial charge is 0.493 e. The fraction of sp³-hybridized carbons (Fsp3) is 0.316. The van der Waals surface area contributed by atoms with Crippen LogP contribution in [0, 0.1) is 0 Å². The van der Waals surface area contributed by atoms with Gasteiger partial charge >= 0.3 is 0 Å². The lowest BCUT2D eigenvalue weighted by atomic mass is 9.95. The summed E-state index contributed by atoms with van der Waals surface area (Å²) in [6.45, 7) is 2.41. The molecule has 3 rings (SSSR count). The molecule has 2 aromatic rings. The van der Waals surface area contributed by atoms with Crippen molar-refractivity contribution in [3.8, 4) is 22.6 Å². The maximum atomic E-state index is 11.8. The summed E-state index contributed by atoms with van der Waals surface area (Å²) in [5.74, 6) is 1.54. The maximum absolute atomic E-state index is 11.8. The van der Waals surface area contributed by atoms with Crippen molar-refractivity contribution in [1.29, 1.82) is 0 Å². The van der Waals surface area contributed by atoms with E-state index in [-0.39, 0.29) is 5.91 Å². The topological polar surface area (TPSA) is 38.8 Å². The van der Waals surface area contributed by atoms with E-state index in [1.54, 1.807) is 21.1 Å². The molecule has 23 heavy (non-hydrogen) atoms. The summed E-state index contributed by atoms with van der Waals surface area (Å²) in [6.07, 6.45) is 1.98. The SMILES string of the molecule is COc1cccc(-c2ccc3c(c2)CCCN3C(C)=O)c1OC. The van der Waals surface area contributed by atoms with E-state index in [4.69, 9.17) is 9.47 Å². The lowest BCUT2D eigenvalue weighted by Gasteiger charge is -2.29. The maximum Gasteiger partial charge on any atom is 0.223 e. The number of ether oxygens (including phenoxy) is 2. The zero-order valence-corrected chi connectivity index (χ0v) is 13.8. The Balaban J connectivity index is 2.08. The summed E-state index contributed by atoms with van der Waals surface area (Å²) in [5.41, 5.74) is 4.29. The van der Waals surface area contributed by atoms with Crippen LogP contribution in [0.4, 0.5) is 5.69 Å². The first-order valence-electron chi connectivity index (χ1n) is 7.78. The first kappa shape index (κ1) is 15.4. The summed E-state index contributed by atoms with van der Waals surface area (Å²) in [4.78, 5) is 13.6. The molecule has 0 unspecified atom stereocenters. The van der Waals surface area contributed by atoms with Gasteiger partial charge in [-0.25, -0.2) is 0 Å². The summed E-state index contributed by atoms with van der Waals surface area (Å²) in [5, 5.41) is 0. The van der Waals surface area contributed by atoms with Crippen LogP contribution in [0.15, 0.2) is 36.4 Å². The molecule has 0 bridgehead atoms. The first-order valence-corrected chi connectivity index (χ1v) is 7.78. The average Bonchev–Trinajstić information content (AvgIpc) is 2.59. The highest BCUT2D eigenvalue weighted by atomic mass is 16.5. The summed E-state index contributed by atoms with van der Waals surface area (Å²) < 4.78 is 10.9. The third-order valence-electron chi connectivity index (χ3n) is 4.29. The Bertz CT molecular complexity index is 739. The predicted molar refractivity (Wildman–Crippen MR) is 91.3 cm³/mol. The van der Waals surface area contributed by atoms with E-state index in [0.717, 1.165) is 42.0 Å². The van der Waals surface area contributed by atoms with E-state index in [1.807, 2.05) is 35.2 Å². The number of carbonyl (C=O) groups is 1. The van der Waals surface area contributed by atoms with E-state index in [0.29, 0.717) is 5.75 Å². The van der Waals surface area contributed by atoms with Gasteiger partial charge in [0.1, 0.15) is 0 Å². The minimum Gasteiger partial charge on any atom is -0.493 e. The molecule has 0 aliphatic carbocycles. The molecule has 0 radical (unpaired) electrons. The molecule has 1 amide bonds. The summed E-state index contributed by atoms with van der Waals surface area (Å²) >= 11 is 0.